The van der Waals surface area contributed by atoms with E-state index in [-0.39, 0.29) is 4.90 Å². The van der Waals surface area contributed by atoms with Gasteiger partial charge in [-0.15, -0.1) is 0 Å². The zero-order chi connectivity index (χ0) is 15.5. The van der Waals surface area contributed by atoms with Crippen molar-refractivity contribution in [2.75, 3.05) is 26.0 Å². The van der Waals surface area contributed by atoms with Gasteiger partial charge in [-0.1, -0.05) is 12.1 Å². The molecule has 1 N–H and O–H groups in total. The second kappa shape index (κ2) is 6.28. The first-order valence-electron chi connectivity index (χ1n) is 6.65. The molecule has 2 aromatic rings. The van der Waals surface area contributed by atoms with Gasteiger partial charge in [-0.05, 0) is 18.2 Å². The van der Waals surface area contributed by atoms with Crippen LogP contribution in [-0.2, 0) is 23.5 Å². The van der Waals surface area contributed by atoms with Crippen LogP contribution in [0, 0.1) is 0 Å². The number of anilines is 1. The molecule has 114 valence electrons. The molecule has 0 radical (unpaired) electrons. The fraction of sp³-hybridized carbons (Fsp3) is 0.357. The maximum absolute atomic E-state index is 12.3. The molecule has 21 heavy (non-hydrogen) atoms. The molecule has 0 aliphatic carbocycles. The lowest BCUT2D eigenvalue weighted by Crippen LogP contribution is -2.23. The molecular formula is C14H20N4O2S. The van der Waals surface area contributed by atoms with Crippen molar-refractivity contribution in [2.24, 2.45) is 7.05 Å². The Hall–Kier alpha value is -1.86. The largest absolute Gasteiger partial charge is 0.384 e. The summed E-state index contributed by atoms with van der Waals surface area (Å²) < 4.78 is 27.5. The van der Waals surface area contributed by atoms with Crippen molar-refractivity contribution in [3.63, 3.8) is 0 Å². The van der Waals surface area contributed by atoms with Gasteiger partial charge in [0.25, 0.3) is 0 Å². The summed E-state index contributed by atoms with van der Waals surface area (Å²) >= 11 is 0. The molecule has 0 aliphatic rings. The summed E-state index contributed by atoms with van der Waals surface area (Å²) in [5.74, 6) is 0. The molecule has 0 unspecified atom stereocenters. The van der Waals surface area contributed by atoms with Gasteiger partial charge in [0.05, 0.1) is 11.4 Å². The Labute approximate surface area is 125 Å². The number of benzene rings is 1. The van der Waals surface area contributed by atoms with E-state index in [0.717, 1.165) is 12.1 Å². The second-order valence-corrected chi connectivity index (χ2v) is 7.06. The van der Waals surface area contributed by atoms with Crippen LogP contribution in [0.4, 0.5) is 5.69 Å². The van der Waals surface area contributed by atoms with E-state index in [2.05, 4.69) is 10.4 Å². The van der Waals surface area contributed by atoms with Crippen molar-refractivity contribution in [1.82, 2.24) is 14.1 Å². The van der Waals surface area contributed by atoms with Crippen molar-refractivity contribution < 1.29 is 8.42 Å². The number of para-hydroxylation sites is 1. The molecule has 0 saturated carbocycles. The summed E-state index contributed by atoms with van der Waals surface area (Å²) in [6.07, 6.45) is 2.62. The maximum Gasteiger partial charge on any atom is 0.244 e. The van der Waals surface area contributed by atoms with Crippen molar-refractivity contribution in [3.8, 4) is 0 Å². The molecule has 2 rings (SSSR count). The van der Waals surface area contributed by atoms with Crippen LogP contribution < -0.4 is 5.32 Å². The van der Waals surface area contributed by atoms with Gasteiger partial charge in [0.1, 0.15) is 4.90 Å². The van der Waals surface area contributed by atoms with Crippen LogP contribution in [0.2, 0.25) is 0 Å². The zero-order valence-corrected chi connectivity index (χ0v) is 13.3. The van der Waals surface area contributed by atoms with Gasteiger partial charge in [0, 0.05) is 40.3 Å². The van der Waals surface area contributed by atoms with Crippen LogP contribution in [0.1, 0.15) is 5.69 Å². The summed E-state index contributed by atoms with van der Waals surface area (Å²) in [4.78, 5) is 0.288. The molecule has 0 aliphatic heterocycles. The normalized spacial score (nSPS) is 11.8. The van der Waals surface area contributed by atoms with E-state index in [4.69, 9.17) is 0 Å². The number of rotatable bonds is 6. The minimum Gasteiger partial charge on any atom is -0.384 e. The molecule has 6 nitrogen and oxygen atoms in total. The lowest BCUT2D eigenvalue weighted by molar-refractivity contribution is 0.521. The minimum absolute atomic E-state index is 0.288. The highest BCUT2D eigenvalue weighted by Gasteiger charge is 2.20. The van der Waals surface area contributed by atoms with E-state index in [9.17, 15) is 8.42 Å². The summed E-state index contributed by atoms with van der Waals surface area (Å²) in [5, 5.41) is 7.47. The number of sulfonamides is 1. The van der Waals surface area contributed by atoms with Crippen LogP contribution in [0.15, 0.2) is 41.4 Å². The van der Waals surface area contributed by atoms with Crippen LogP contribution in [0.3, 0.4) is 0 Å². The monoisotopic (exact) mass is 308 g/mol. The predicted octanol–water partition coefficient (Wildman–Crippen LogP) is 1.33. The third-order valence-electron chi connectivity index (χ3n) is 3.11. The van der Waals surface area contributed by atoms with E-state index in [1.807, 2.05) is 25.4 Å². The van der Waals surface area contributed by atoms with Crippen LogP contribution >= 0.6 is 0 Å². The lowest BCUT2D eigenvalue weighted by Gasteiger charge is -2.16. The number of nitrogens with one attached hydrogen (secondary N) is 1. The first-order chi connectivity index (χ1) is 9.91. The predicted molar refractivity (Wildman–Crippen MR) is 82.7 cm³/mol. The number of hydrogen-bond acceptors (Lipinski definition) is 4. The molecule has 0 amide bonds. The molecule has 1 aromatic carbocycles. The smallest absolute Gasteiger partial charge is 0.244 e. The van der Waals surface area contributed by atoms with Crippen molar-refractivity contribution in [3.05, 3.63) is 42.2 Å². The van der Waals surface area contributed by atoms with Gasteiger partial charge in [-0.2, -0.15) is 5.10 Å². The van der Waals surface area contributed by atoms with Gasteiger partial charge in [-0.25, -0.2) is 12.7 Å². The first kappa shape index (κ1) is 15.5. The fourth-order valence-corrected chi connectivity index (χ4v) is 3.02. The van der Waals surface area contributed by atoms with Gasteiger partial charge in [-0.3, -0.25) is 4.68 Å². The van der Waals surface area contributed by atoms with E-state index in [1.165, 1.54) is 18.4 Å². The maximum atomic E-state index is 12.3. The number of aryl methyl sites for hydroxylation is 1. The molecule has 0 atom stereocenters. The standard InChI is InChI=1S/C14H20N4O2S/c1-17(2)21(19,20)14-7-5-4-6-13(14)15-10-8-12-9-11-18(3)16-12/h4-7,9,11,15H,8,10H2,1-3H3. The lowest BCUT2D eigenvalue weighted by atomic mass is 10.3. The highest BCUT2D eigenvalue weighted by Crippen LogP contribution is 2.22. The van der Waals surface area contributed by atoms with Crippen LogP contribution in [0.5, 0.6) is 0 Å². The Morgan fingerprint density at radius 1 is 1.24 bits per heavy atom. The van der Waals surface area contributed by atoms with Crippen LogP contribution in [0.25, 0.3) is 0 Å². The Balaban J connectivity index is 2.10. The van der Waals surface area contributed by atoms with Crippen molar-refractivity contribution in [2.45, 2.75) is 11.3 Å². The summed E-state index contributed by atoms with van der Waals surface area (Å²) in [5.41, 5.74) is 1.58. The van der Waals surface area contributed by atoms with Gasteiger partial charge < -0.3 is 5.32 Å². The van der Waals surface area contributed by atoms with E-state index < -0.39 is 10.0 Å². The topological polar surface area (TPSA) is 67.2 Å². The average molecular weight is 308 g/mol. The summed E-state index contributed by atoms with van der Waals surface area (Å²) in [6, 6.07) is 8.87. The number of nitrogens with zero attached hydrogens (tertiary/aromatic N) is 3. The van der Waals surface area contributed by atoms with Gasteiger partial charge in [0.2, 0.25) is 10.0 Å². The molecular weight excluding hydrogens is 288 g/mol. The van der Waals surface area contributed by atoms with Crippen LogP contribution in [-0.4, -0.2) is 43.1 Å². The minimum atomic E-state index is -3.45. The van der Waals surface area contributed by atoms with E-state index in [0.29, 0.717) is 12.2 Å². The van der Waals surface area contributed by atoms with Crippen molar-refractivity contribution in [1.29, 1.82) is 0 Å². The third kappa shape index (κ3) is 3.62. The molecule has 0 saturated heterocycles. The van der Waals surface area contributed by atoms with Gasteiger partial charge >= 0.3 is 0 Å². The molecule has 0 spiro atoms. The molecule has 0 fully saturated rings. The molecule has 1 aromatic heterocycles. The highest BCUT2D eigenvalue weighted by atomic mass is 32.2. The van der Waals surface area contributed by atoms with Crippen molar-refractivity contribution >= 4 is 15.7 Å². The number of hydrogen-bond donors (Lipinski definition) is 1. The Bertz CT molecular complexity index is 707. The summed E-state index contributed by atoms with van der Waals surface area (Å²) in [6.45, 7) is 0.622. The SMILES string of the molecule is CN(C)S(=O)(=O)c1ccccc1NCCc1ccn(C)n1. The third-order valence-corrected chi connectivity index (χ3v) is 4.98. The Morgan fingerprint density at radius 3 is 2.57 bits per heavy atom. The highest BCUT2D eigenvalue weighted by molar-refractivity contribution is 7.89. The molecule has 1 heterocycles. The second-order valence-electron chi connectivity index (χ2n) is 4.94. The van der Waals surface area contributed by atoms with E-state index in [1.54, 1.807) is 22.9 Å². The first-order valence-corrected chi connectivity index (χ1v) is 8.09. The number of aromatic nitrogens is 2. The Kier molecular flexibility index (Phi) is 4.64. The molecule has 7 heteroatoms. The average Bonchev–Trinajstić information content (AvgIpc) is 2.85. The Morgan fingerprint density at radius 2 is 1.95 bits per heavy atom. The zero-order valence-electron chi connectivity index (χ0n) is 12.4. The molecule has 0 bridgehead atoms. The fourth-order valence-electron chi connectivity index (χ4n) is 1.96. The van der Waals surface area contributed by atoms with Gasteiger partial charge in [0.15, 0.2) is 0 Å². The summed E-state index contributed by atoms with van der Waals surface area (Å²) in [7, 11) is 1.48. The quantitative estimate of drug-likeness (QED) is 0.874. The van der Waals surface area contributed by atoms with E-state index >= 15 is 0 Å².